The van der Waals surface area contributed by atoms with E-state index >= 15 is 4.79 Å². The summed E-state index contributed by atoms with van der Waals surface area (Å²) >= 11 is 7.66. The molecule has 262 valence electrons. The monoisotopic (exact) mass is 726 g/mol. The maximum Gasteiger partial charge on any atom is 0.411 e. The van der Waals surface area contributed by atoms with E-state index in [-0.39, 0.29) is 25.0 Å². The van der Waals surface area contributed by atoms with Crippen LogP contribution in [0.1, 0.15) is 63.8 Å². The van der Waals surface area contributed by atoms with Gasteiger partial charge in [-0.05, 0) is 65.0 Å². The van der Waals surface area contributed by atoms with E-state index in [1.807, 2.05) is 20.8 Å². The molecule has 50 heavy (non-hydrogen) atoms. The molecule has 1 fully saturated rings. The highest BCUT2D eigenvalue weighted by molar-refractivity contribution is 7.09. The van der Waals surface area contributed by atoms with Crippen molar-refractivity contribution < 1.29 is 33.0 Å². The minimum atomic E-state index is -2.80. The molecule has 2 aliphatic rings. The Hall–Kier alpha value is -4.96. The maximum atomic E-state index is 15.0. The number of amides is 3. The smallest absolute Gasteiger partial charge is 0.411 e. The number of aromatic nitrogens is 4. The molecule has 1 saturated carbocycles. The van der Waals surface area contributed by atoms with Crippen LogP contribution in [0.3, 0.4) is 0 Å². The molecule has 6 rings (SSSR count). The molecular formula is C33H33ClF2N8O5S. The van der Waals surface area contributed by atoms with Gasteiger partial charge in [0.2, 0.25) is 5.96 Å². The summed E-state index contributed by atoms with van der Waals surface area (Å²) < 4.78 is 36.6. The van der Waals surface area contributed by atoms with Crippen LogP contribution < -0.4 is 10.6 Å². The van der Waals surface area contributed by atoms with Crippen molar-refractivity contribution in [3.05, 3.63) is 77.3 Å². The molecular weight excluding hydrogens is 694 g/mol. The quantitative estimate of drug-likeness (QED) is 0.160. The number of carbonyl (C=O) groups excluding carboxylic acids is 2. The summed E-state index contributed by atoms with van der Waals surface area (Å²) in [6.45, 7) is 2.61. The Morgan fingerprint density at radius 3 is 2.50 bits per heavy atom. The number of carbonyl (C=O) groups is 3. The molecule has 0 spiro atoms. The van der Waals surface area contributed by atoms with Crippen LogP contribution >= 0.6 is 23.1 Å². The summed E-state index contributed by atoms with van der Waals surface area (Å²) in [6.07, 6.45) is 3.57. The molecule has 2 atom stereocenters. The Morgan fingerprint density at radius 1 is 1.16 bits per heavy atom. The number of nitrogens with zero attached hydrogens (tertiary/aromatic N) is 6. The Kier molecular flexibility index (Phi) is 9.59. The van der Waals surface area contributed by atoms with Crippen molar-refractivity contribution in [3.8, 4) is 21.7 Å². The Bertz CT molecular complexity index is 1930. The number of ether oxygens (including phenoxy) is 1. The molecule has 0 saturated heterocycles. The van der Waals surface area contributed by atoms with Crippen molar-refractivity contribution in [2.45, 2.75) is 64.2 Å². The zero-order valence-corrected chi connectivity index (χ0v) is 28.7. The van der Waals surface area contributed by atoms with Crippen LogP contribution in [0.4, 0.5) is 18.4 Å². The Balaban J connectivity index is 1.45. The van der Waals surface area contributed by atoms with Crippen LogP contribution in [-0.4, -0.2) is 65.8 Å². The molecule has 2 aromatic heterocycles. The first kappa shape index (κ1) is 34.9. The highest BCUT2D eigenvalue weighted by atomic mass is 35.5. The molecule has 1 aliphatic heterocycles. The number of hydrogen-bond donors (Lipinski definition) is 3. The van der Waals surface area contributed by atoms with Crippen molar-refractivity contribution in [2.24, 2.45) is 10.4 Å². The maximum absolute atomic E-state index is 15.0. The molecule has 17 heteroatoms. The SMILES string of the molecule is CC(C)(C)C[C@]1(c2ccc(-c3cnn(C(F)F)c3)cc2)N=C(NC(=O)O)N(C(COC(=O)NC2CC2)c2ccc(Cl)c(-c3ncns3)c2)C1=O. The van der Waals surface area contributed by atoms with Gasteiger partial charge in [-0.1, -0.05) is 62.7 Å². The van der Waals surface area contributed by atoms with E-state index < -0.39 is 41.6 Å². The molecule has 2 aromatic carbocycles. The van der Waals surface area contributed by atoms with Crippen LogP contribution in [-0.2, 0) is 15.1 Å². The van der Waals surface area contributed by atoms with Gasteiger partial charge in [0.05, 0.1) is 17.3 Å². The number of aliphatic imine (C=N–C) groups is 1. The van der Waals surface area contributed by atoms with Gasteiger partial charge < -0.3 is 15.2 Å². The predicted molar refractivity (Wildman–Crippen MR) is 181 cm³/mol. The second-order valence-corrected chi connectivity index (χ2v) is 14.4. The average molecular weight is 727 g/mol. The molecule has 1 aliphatic carbocycles. The predicted octanol–water partition coefficient (Wildman–Crippen LogP) is 6.84. The summed E-state index contributed by atoms with van der Waals surface area (Å²) in [4.78, 5) is 50.3. The first-order valence-corrected chi connectivity index (χ1v) is 16.8. The van der Waals surface area contributed by atoms with Crippen LogP contribution in [0, 0.1) is 5.41 Å². The normalized spacial score (nSPS) is 18.3. The first-order valence-electron chi connectivity index (χ1n) is 15.6. The topological polar surface area (TPSA) is 164 Å². The molecule has 4 aromatic rings. The summed E-state index contributed by atoms with van der Waals surface area (Å²) in [5.41, 5.74) is 0.277. The molecule has 1 unspecified atom stereocenters. The van der Waals surface area contributed by atoms with Crippen molar-refractivity contribution in [1.29, 1.82) is 0 Å². The van der Waals surface area contributed by atoms with Gasteiger partial charge in [0.1, 0.15) is 17.9 Å². The van der Waals surface area contributed by atoms with E-state index in [0.717, 1.165) is 24.4 Å². The number of nitrogens with one attached hydrogen (secondary N) is 2. The highest BCUT2D eigenvalue weighted by Crippen LogP contribution is 2.46. The zero-order chi connectivity index (χ0) is 35.8. The lowest BCUT2D eigenvalue weighted by Gasteiger charge is -2.35. The number of alkyl carbamates (subject to hydrolysis) is 1. The Morgan fingerprint density at radius 2 is 1.90 bits per heavy atom. The third-order valence-corrected chi connectivity index (χ3v) is 9.18. The fraction of sp³-hybridized carbons (Fsp3) is 0.364. The average Bonchev–Trinajstić information content (AvgIpc) is 3.40. The van der Waals surface area contributed by atoms with Gasteiger partial charge in [-0.15, -0.1) is 0 Å². The van der Waals surface area contributed by atoms with Gasteiger partial charge in [0.25, 0.3) is 5.91 Å². The van der Waals surface area contributed by atoms with Crippen molar-refractivity contribution in [3.63, 3.8) is 0 Å². The van der Waals surface area contributed by atoms with E-state index in [1.54, 1.807) is 42.5 Å². The van der Waals surface area contributed by atoms with Crippen molar-refractivity contribution in [1.82, 2.24) is 34.7 Å². The van der Waals surface area contributed by atoms with E-state index in [4.69, 9.17) is 21.3 Å². The van der Waals surface area contributed by atoms with Gasteiger partial charge in [-0.3, -0.25) is 15.0 Å². The van der Waals surface area contributed by atoms with Crippen LogP contribution in [0.25, 0.3) is 21.7 Å². The van der Waals surface area contributed by atoms with Crippen molar-refractivity contribution >= 4 is 47.2 Å². The lowest BCUT2D eigenvalue weighted by molar-refractivity contribution is -0.135. The van der Waals surface area contributed by atoms with Gasteiger partial charge in [-0.2, -0.15) is 18.3 Å². The third-order valence-electron chi connectivity index (χ3n) is 8.15. The summed E-state index contributed by atoms with van der Waals surface area (Å²) in [7, 11) is 0. The number of guanidine groups is 1. The lowest BCUT2D eigenvalue weighted by Crippen LogP contribution is -2.49. The van der Waals surface area contributed by atoms with Gasteiger partial charge in [0, 0.05) is 23.4 Å². The first-order chi connectivity index (χ1) is 23.7. The summed E-state index contributed by atoms with van der Waals surface area (Å²) in [5, 5.41) is 19.6. The minimum absolute atomic E-state index is 0.00632. The molecule has 3 amide bonds. The molecule has 0 radical (unpaired) electrons. The highest BCUT2D eigenvalue weighted by Gasteiger charge is 2.54. The summed E-state index contributed by atoms with van der Waals surface area (Å²) in [5.74, 6) is -0.837. The number of alkyl halides is 2. The van der Waals surface area contributed by atoms with Crippen molar-refractivity contribution in [2.75, 3.05) is 6.61 Å². The van der Waals surface area contributed by atoms with E-state index in [0.29, 0.717) is 42.5 Å². The molecule has 3 heterocycles. The second kappa shape index (κ2) is 13.7. The molecule has 13 nitrogen and oxygen atoms in total. The largest absolute Gasteiger partial charge is 0.465 e. The fourth-order valence-corrected chi connectivity index (χ4v) is 6.69. The third kappa shape index (κ3) is 7.45. The number of benzene rings is 2. The number of carboxylic acid groups (broad SMARTS) is 1. The number of halogens is 3. The van der Waals surface area contributed by atoms with Crippen LogP contribution in [0.15, 0.2) is 66.2 Å². The van der Waals surface area contributed by atoms with Crippen LogP contribution in [0.2, 0.25) is 5.02 Å². The van der Waals surface area contributed by atoms with Gasteiger partial charge >= 0.3 is 18.7 Å². The summed E-state index contributed by atoms with van der Waals surface area (Å²) in [6, 6.07) is 10.6. The number of hydrogen-bond acceptors (Lipinski definition) is 9. The Labute approximate surface area is 294 Å². The minimum Gasteiger partial charge on any atom is -0.465 e. The van der Waals surface area contributed by atoms with E-state index in [2.05, 4.69) is 25.1 Å². The van der Waals surface area contributed by atoms with Crippen LogP contribution in [0.5, 0.6) is 0 Å². The molecule has 3 N–H and O–H groups in total. The van der Waals surface area contributed by atoms with E-state index in [9.17, 15) is 23.5 Å². The fourth-order valence-electron chi connectivity index (χ4n) is 5.87. The van der Waals surface area contributed by atoms with E-state index in [1.165, 1.54) is 23.6 Å². The zero-order valence-electron chi connectivity index (χ0n) is 27.1. The second-order valence-electron chi connectivity index (χ2n) is 13.2. The number of rotatable bonds is 10. The van der Waals surface area contributed by atoms with Gasteiger partial charge in [0.15, 0.2) is 5.54 Å². The van der Waals surface area contributed by atoms with Gasteiger partial charge in [-0.25, -0.2) is 24.2 Å². The molecule has 0 bridgehead atoms. The lowest BCUT2D eigenvalue weighted by atomic mass is 9.75. The standard InChI is InChI=1S/C33H33ClF2N8O5S/c1-32(2,3)16-33(21-7-4-18(5-8-21)20-13-38-43(14-20)28(35)36)27(45)44(29(42-33)41-30(46)47)25(15-49-31(48)40-22-9-10-22)19-6-11-24(34)23(12-19)26-37-17-39-50-26/h4-8,11-14,17,22,25,28H,9-10,15-16H2,1-3H3,(H,40,48)(H,41,42)(H,46,47)/t25?,33-/m1/s1.